The Kier molecular flexibility index (Phi) is 4.53. The Bertz CT molecular complexity index is 941. The molecule has 2 aliphatic heterocycles. The fraction of sp³-hybridized carbons (Fsp3) is 0.417. The largest absolute Gasteiger partial charge is 0.459 e. The van der Waals surface area contributed by atoms with E-state index in [9.17, 15) is 9.59 Å². The molecule has 150 valence electrons. The van der Waals surface area contributed by atoms with E-state index < -0.39 is 0 Å². The predicted molar refractivity (Wildman–Crippen MR) is 109 cm³/mol. The van der Waals surface area contributed by atoms with Crippen molar-refractivity contribution in [2.24, 2.45) is 17.8 Å². The average molecular weight is 390 g/mol. The summed E-state index contributed by atoms with van der Waals surface area (Å²) in [5.41, 5.74) is 2.36. The van der Waals surface area contributed by atoms with Gasteiger partial charge in [-0.1, -0.05) is 36.4 Å². The molecule has 5 rings (SSSR count). The van der Waals surface area contributed by atoms with Crippen LogP contribution in [0, 0.1) is 24.7 Å². The molecule has 5 heteroatoms. The summed E-state index contributed by atoms with van der Waals surface area (Å²) in [4.78, 5) is 30.2. The van der Waals surface area contributed by atoms with E-state index in [-0.39, 0.29) is 29.7 Å². The average Bonchev–Trinajstić information content (AvgIpc) is 3.52. The van der Waals surface area contributed by atoms with Crippen LogP contribution in [-0.4, -0.2) is 41.2 Å². The van der Waals surface area contributed by atoms with Crippen LogP contribution in [0.15, 0.2) is 59.2 Å². The molecule has 1 aromatic heterocycles. The second kappa shape index (κ2) is 7.21. The highest BCUT2D eigenvalue weighted by Crippen LogP contribution is 2.46. The zero-order valence-electron chi connectivity index (χ0n) is 16.7. The molecule has 3 aliphatic rings. The SMILES string of the molecule is Cc1ccccc1[C@H]1[C@H]2CN(C(=O)C3CC=CC3)C[C@H]2CN1C(=O)c1ccco1. The summed E-state index contributed by atoms with van der Waals surface area (Å²) >= 11 is 0. The molecule has 0 saturated carbocycles. The van der Waals surface area contributed by atoms with Gasteiger partial charge in [0.2, 0.25) is 5.91 Å². The van der Waals surface area contributed by atoms with Gasteiger partial charge in [-0.2, -0.15) is 0 Å². The van der Waals surface area contributed by atoms with Crippen molar-refractivity contribution in [3.63, 3.8) is 0 Å². The van der Waals surface area contributed by atoms with Crippen molar-refractivity contribution >= 4 is 11.8 Å². The number of aryl methyl sites for hydroxylation is 1. The van der Waals surface area contributed by atoms with Gasteiger partial charge in [-0.3, -0.25) is 9.59 Å². The second-order valence-electron chi connectivity index (χ2n) is 8.54. The van der Waals surface area contributed by atoms with Gasteiger partial charge in [0, 0.05) is 37.4 Å². The number of carbonyl (C=O) groups is 2. The van der Waals surface area contributed by atoms with Crippen LogP contribution in [0.4, 0.5) is 0 Å². The minimum Gasteiger partial charge on any atom is -0.459 e. The topological polar surface area (TPSA) is 53.8 Å². The van der Waals surface area contributed by atoms with Crippen molar-refractivity contribution < 1.29 is 14.0 Å². The van der Waals surface area contributed by atoms with Gasteiger partial charge >= 0.3 is 0 Å². The summed E-state index contributed by atoms with van der Waals surface area (Å²) in [5.74, 6) is 1.26. The Morgan fingerprint density at radius 2 is 1.79 bits per heavy atom. The number of furan rings is 1. The first kappa shape index (κ1) is 18.2. The molecule has 2 aromatic rings. The molecule has 0 radical (unpaired) electrons. The van der Waals surface area contributed by atoms with Crippen molar-refractivity contribution in [2.45, 2.75) is 25.8 Å². The number of allylic oxidation sites excluding steroid dienone is 2. The molecular weight excluding hydrogens is 364 g/mol. The number of benzene rings is 1. The maximum Gasteiger partial charge on any atom is 0.290 e. The zero-order chi connectivity index (χ0) is 20.0. The van der Waals surface area contributed by atoms with E-state index in [2.05, 4.69) is 31.2 Å². The van der Waals surface area contributed by atoms with Crippen LogP contribution in [0.25, 0.3) is 0 Å². The highest BCUT2D eigenvalue weighted by molar-refractivity contribution is 5.92. The number of hydrogen-bond acceptors (Lipinski definition) is 3. The van der Waals surface area contributed by atoms with Gasteiger partial charge in [0.05, 0.1) is 12.3 Å². The molecule has 0 bridgehead atoms. The van der Waals surface area contributed by atoms with E-state index in [0.29, 0.717) is 18.2 Å². The Labute approximate surface area is 171 Å². The lowest BCUT2D eigenvalue weighted by molar-refractivity contribution is -0.134. The zero-order valence-corrected chi connectivity index (χ0v) is 16.7. The van der Waals surface area contributed by atoms with Gasteiger partial charge in [-0.25, -0.2) is 0 Å². The molecule has 0 unspecified atom stereocenters. The number of hydrogen-bond donors (Lipinski definition) is 0. The van der Waals surface area contributed by atoms with Crippen LogP contribution in [0.2, 0.25) is 0 Å². The molecule has 5 nitrogen and oxygen atoms in total. The van der Waals surface area contributed by atoms with Gasteiger partial charge in [-0.15, -0.1) is 0 Å². The number of rotatable bonds is 3. The first-order chi connectivity index (χ1) is 14.1. The second-order valence-corrected chi connectivity index (χ2v) is 8.54. The molecular formula is C24H26N2O3. The van der Waals surface area contributed by atoms with Gasteiger partial charge in [0.25, 0.3) is 5.91 Å². The van der Waals surface area contributed by atoms with Crippen molar-refractivity contribution in [2.75, 3.05) is 19.6 Å². The van der Waals surface area contributed by atoms with E-state index in [1.54, 1.807) is 18.4 Å². The maximum absolute atomic E-state index is 13.2. The standard InChI is InChI=1S/C24H26N2O3/c1-16-7-2-5-10-19(16)22-20-15-25(23(27)17-8-3-4-9-17)13-18(20)14-26(22)24(28)21-11-6-12-29-21/h2-7,10-12,17-18,20,22H,8-9,13-15H2,1H3/t18-,20-,22-/m0/s1. The van der Waals surface area contributed by atoms with E-state index in [0.717, 1.165) is 25.9 Å². The lowest BCUT2D eigenvalue weighted by Crippen LogP contribution is -2.39. The van der Waals surface area contributed by atoms with E-state index in [4.69, 9.17) is 4.42 Å². The van der Waals surface area contributed by atoms with E-state index in [1.807, 2.05) is 21.9 Å². The van der Waals surface area contributed by atoms with Crippen molar-refractivity contribution in [1.82, 2.24) is 9.80 Å². The minimum absolute atomic E-state index is 0.0293. The molecule has 0 N–H and O–H groups in total. The van der Waals surface area contributed by atoms with Crippen molar-refractivity contribution in [1.29, 1.82) is 0 Å². The molecule has 3 heterocycles. The first-order valence-corrected chi connectivity index (χ1v) is 10.5. The highest BCUT2D eigenvalue weighted by Gasteiger charge is 2.51. The summed E-state index contributed by atoms with van der Waals surface area (Å²) in [7, 11) is 0. The third-order valence-electron chi connectivity index (χ3n) is 6.83. The molecule has 1 aliphatic carbocycles. The van der Waals surface area contributed by atoms with Crippen LogP contribution in [-0.2, 0) is 4.79 Å². The Balaban J connectivity index is 1.44. The summed E-state index contributed by atoms with van der Waals surface area (Å²) < 4.78 is 5.41. The lowest BCUT2D eigenvalue weighted by atomic mass is 9.87. The monoisotopic (exact) mass is 390 g/mol. The van der Waals surface area contributed by atoms with Gasteiger partial charge < -0.3 is 14.2 Å². The quantitative estimate of drug-likeness (QED) is 0.749. The highest BCUT2D eigenvalue weighted by atomic mass is 16.3. The van der Waals surface area contributed by atoms with Crippen molar-refractivity contribution in [3.8, 4) is 0 Å². The Hall–Kier alpha value is -2.82. The predicted octanol–water partition coefficient (Wildman–Crippen LogP) is 3.83. The molecule has 2 fully saturated rings. The normalized spacial score (nSPS) is 26.3. The molecule has 29 heavy (non-hydrogen) atoms. The molecule has 0 spiro atoms. The molecule has 2 amide bonds. The smallest absolute Gasteiger partial charge is 0.290 e. The number of likely N-dealkylation sites (tertiary alicyclic amines) is 2. The summed E-state index contributed by atoms with van der Waals surface area (Å²) in [6.45, 7) is 4.22. The summed E-state index contributed by atoms with van der Waals surface area (Å²) in [6.07, 6.45) is 7.48. The lowest BCUT2D eigenvalue weighted by Gasteiger charge is -2.31. The molecule has 1 aromatic carbocycles. The fourth-order valence-corrected chi connectivity index (χ4v) is 5.37. The van der Waals surface area contributed by atoms with Gasteiger partial charge in [-0.05, 0) is 43.0 Å². The fourth-order valence-electron chi connectivity index (χ4n) is 5.37. The third-order valence-corrected chi connectivity index (χ3v) is 6.83. The van der Waals surface area contributed by atoms with Gasteiger partial charge in [0.1, 0.15) is 0 Å². The number of amides is 2. The molecule has 2 saturated heterocycles. The van der Waals surface area contributed by atoms with Crippen LogP contribution >= 0.6 is 0 Å². The van der Waals surface area contributed by atoms with Crippen LogP contribution in [0.1, 0.15) is 40.6 Å². The minimum atomic E-state index is -0.0597. The van der Waals surface area contributed by atoms with E-state index >= 15 is 0 Å². The number of carbonyl (C=O) groups excluding carboxylic acids is 2. The van der Waals surface area contributed by atoms with E-state index in [1.165, 1.54) is 11.1 Å². The number of fused-ring (bicyclic) bond motifs is 1. The third kappa shape index (κ3) is 3.09. The Morgan fingerprint density at radius 1 is 1.00 bits per heavy atom. The van der Waals surface area contributed by atoms with Crippen molar-refractivity contribution in [3.05, 3.63) is 71.7 Å². The number of nitrogens with zero attached hydrogens (tertiary/aromatic N) is 2. The van der Waals surface area contributed by atoms with Gasteiger partial charge in [0.15, 0.2) is 5.76 Å². The first-order valence-electron chi connectivity index (χ1n) is 10.5. The van der Waals surface area contributed by atoms with Crippen LogP contribution in [0.3, 0.4) is 0 Å². The maximum atomic E-state index is 13.2. The summed E-state index contributed by atoms with van der Waals surface area (Å²) in [5, 5.41) is 0. The van der Waals surface area contributed by atoms with Crippen LogP contribution < -0.4 is 0 Å². The Morgan fingerprint density at radius 3 is 2.52 bits per heavy atom. The van der Waals surface area contributed by atoms with Crippen LogP contribution in [0.5, 0.6) is 0 Å². The summed E-state index contributed by atoms with van der Waals surface area (Å²) in [6, 6.07) is 11.7. The molecule has 3 atom stereocenters.